The number of anilines is 2. The predicted molar refractivity (Wildman–Crippen MR) is 83.7 cm³/mol. The number of methoxy groups -OCH3 is 1. The van der Waals surface area contributed by atoms with Crippen molar-refractivity contribution >= 4 is 40.1 Å². The second-order valence-electron chi connectivity index (χ2n) is 3.93. The summed E-state index contributed by atoms with van der Waals surface area (Å²) in [5, 5.41) is 9.43. The lowest BCUT2D eigenvalue weighted by molar-refractivity contribution is 0.183. The Kier molecular flexibility index (Phi) is 5.30. The summed E-state index contributed by atoms with van der Waals surface area (Å²) in [5.74, 6) is 0.495. The minimum atomic E-state index is -0.356. The summed E-state index contributed by atoms with van der Waals surface area (Å²) in [6.07, 6.45) is 5.00. The van der Waals surface area contributed by atoms with Gasteiger partial charge in [-0.15, -0.1) is 0 Å². The Labute approximate surface area is 129 Å². The highest BCUT2D eigenvalue weighted by Crippen LogP contribution is 2.09. The highest BCUT2D eigenvalue weighted by molar-refractivity contribution is 14.1. The summed E-state index contributed by atoms with van der Waals surface area (Å²) in [6.45, 7) is 1.21. The van der Waals surface area contributed by atoms with Crippen molar-refractivity contribution in [3.8, 4) is 0 Å². The number of hydrogen-bond donors (Lipinski definition) is 2. The van der Waals surface area contributed by atoms with E-state index in [-0.39, 0.29) is 6.03 Å². The zero-order valence-corrected chi connectivity index (χ0v) is 13.0. The van der Waals surface area contributed by atoms with Crippen molar-refractivity contribution in [2.45, 2.75) is 6.54 Å². The fourth-order valence-electron chi connectivity index (χ4n) is 1.46. The van der Waals surface area contributed by atoms with Gasteiger partial charge >= 0.3 is 6.03 Å². The number of hydrogen-bond acceptors (Lipinski definition) is 4. The molecule has 0 saturated carbocycles. The monoisotopic (exact) mass is 387 g/mol. The van der Waals surface area contributed by atoms with E-state index in [9.17, 15) is 4.79 Å². The van der Waals surface area contributed by atoms with Crippen LogP contribution in [0.3, 0.4) is 0 Å². The van der Waals surface area contributed by atoms with E-state index in [2.05, 4.69) is 43.3 Å². The molecule has 2 rings (SSSR count). The molecule has 0 saturated heterocycles. The molecule has 0 aliphatic rings. The summed E-state index contributed by atoms with van der Waals surface area (Å²) < 4.78 is 7.66. The zero-order chi connectivity index (χ0) is 14.4. The molecule has 0 spiro atoms. The number of carbonyl (C=O) groups excluding carboxylic acids is 1. The van der Waals surface area contributed by atoms with Gasteiger partial charge in [-0.3, -0.25) is 10.00 Å². The van der Waals surface area contributed by atoms with Crippen molar-refractivity contribution in [3.63, 3.8) is 0 Å². The van der Waals surface area contributed by atoms with Gasteiger partial charge < -0.3 is 10.1 Å². The molecule has 0 aliphatic heterocycles. The molecule has 0 atom stereocenters. The second kappa shape index (κ2) is 7.20. The number of ether oxygens (including phenoxy) is 1. The van der Waals surface area contributed by atoms with Crippen LogP contribution in [0.15, 0.2) is 30.7 Å². The van der Waals surface area contributed by atoms with E-state index in [1.54, 1.807) is 36.4 Å². The minimum absolute atomic E-state index is 0.356. The average molecular weight is 387 g/mol. The molecule has 0 aromatic carbocycles. The fraction of sp³-hybridized carbons (Fsp3) is 0.250. The average Bonchev–Trinajstić information content (AvgIpc) is 2.86. The van der Waals surface area contributed by atoms with Gasteiger partial charge in [-0.1, -0.05) is 0 Å². The van der Waals surface area contributed by atoms with Crippen LogP contribution in [-0.4, -0.2) is 34.5 Å². The smallest absolute Gasteiger partial charge is 0.324 e. The highest BCUT2D eigenvalue weighted by Gasteiger charge is 2.05. The molecule has 0 fully saturated rings. The van der Waals surface area contributed by atoms with E-state index < -0.39 is 0 Å². The molecule has 8 heteroatoms. The maximum absolute atomic E-state index is 11.8. The van der Waals surface area contributed by atoms with Crippen molar-refractivity contribution in [2.24, 2.45) is 0 Å². The largest absolute Gasteiger partial charge is 0.383 e. The molecule has 2 amide bonds. The van der Waals surface area contributed by atoms with Gasteiger partial charge in [0.15, 0.2) is 0 Å². The lowest BCUT2D eigenvalue weighted by Gasteiger charge is -2.04. The number of nitrogens with one attached hydrogen (secondary N) is 2. The number of amides is 2. The Hall–Kier alpha value is -1.68. The SMILES string of the molecule is COCCn1cc(NC(=O)Nc2ccc(I)cn2)cn1. The molecule has 2 N–H and O–H groups in total. The Morgan fingerprint density at radius 3 is 2.95 bits per heavy atom. The summed E-state index contributed by atoms with van der Waals surface area (Å²) in [4.78, 5) is 15.9. The molecule has 20 heavy (non-hydrogen) atoms. The number of halogens is 1. The van der Waals surface area contributed by atoms with Crippen molar-refractivity contribution in [3.05, 3.63) is 34.3 Å². The standard InChI is InChI=1S/C12H14IN5O2/c1-20-5-4-18-8-10(7-15-18)16-12(19)17-11-3-2-9(13)6-14-11/h2-3,6-8H,4-5H2,1H3,(H2,14,16,17,19). The number of nitrogens with zero attached hydrogens (tertiary/aromatic N) is 3. The maximum atomic E-state index is 11.8. The van der Waals surface area contributed by atoms with Gasteiger partial charge in [0.25, 0.3) is 0 Å². The molecule has 2 heterocycles. The molecule has 0 unspecified atom stereocenters. The van der Waals surface area contributed by atoms with Gasteiger partial charge in [-0.05, 0) is 34.7 Å². The first-order chi connectivity index (χ1) is 9.67. The number of rotatable bonds is 5. The van der Waals surface area contributed by atoms with E-state index in [1.807, 2.05) is 6.07 Å². The third-order valence-electron chi connectivity index (χ3n) is 2.38. The Bertz CT molecular complexity index is 569. The lowest BCUT2D eigenvalue weighted by atomic mass is 10.4. The summed E-state index contributed by atoms with van der Waals surface area (Å²) >= 11 is 2.15. The zero-order valence-electron chi connectivity index (χ0n) is 10.8. The summed E-state index contributed by atoms with van der Waals surface area (Å²) in [7, 11) is 1.63. The van der Waals surface area contributed by atoms with Gasteiger partial charge in [-0.25, -0.2) is 9.78 Å². The van der Waals surface area contributed by atoms with Crippen LogP contribution in [0, 0.1) is 3.57 Å². The fourth-order valence-corrected chi connectivity index (χ4v) is 1.78. The van der Waals surface area contributed by atoms with Crippen molar-refractivity contribution in [1.29, 1.82) is 0 Å². The third kappa shape index (κ3) is 4.46. The van der Waals surface area contributed by atoms with Crippen LogP contribution in [0.2, 0.25) is 0 Å². The molecule has 7 nitrogen and oxygen atoms in total. The predicted octanol–water partition coefficient (Wildman–Crippen LogP) is 2.17. The van der Waals surface area contributed by atoms with E-state index in [0.717, 1.165) is 3.57 Å². The molecule has 2 aromatic heterocycles. The third-order valence-corrected chi connectivity index (χ3v) is 3.02. The van der Waals surface area contributed by atoms with E-state index >= 15 is 0 Å². The van der Waals surface area contributed by atoms with Crippen LogP contribution < -0.4 is 10.6 Å². The Morgan fingerprint density at radius 1 is 1.40 bits per heavy atom. The van der Waals surface area contributed by atoms with Gasteiger partial charge in [0, 0.05) is 23.1 Å². The first kappa shape index (κ1) is 14.7. The molecular formula is C12H14IN5O2. The summed E-state index contributed by atoms with van der Waals surface area (Å²) in [5.41, 5.74) is 0.615. The Morgan fingerprint density at radius 2 is 2.25 bits per heavy atom. The van der Waals surface area contributed by atoms with E-state index in [1.165, 1.54) is 0 Å². The summed E-state index contributed by atoms with van der Waals surface area (Å²) in [6, 6.07) is 3.25. The van der Waals surface area contributed by atoms with E-state index in [4.69, 9.17) is 4.74 Å². The first-order valence-corrected chi connectivity index (χ1v) is 6.96. The molecule has 2 aromatic rings. The molecular weight excluding hydrogens is 373 g/mol. The van der Waals surface area contributed by atoms with E-state index in [0.29, 0.717) is 24.7 Å². The van der Waals surface area contributed by atoms with Gasteiger partial charge in [0.1, 0.15) is 5.82 Å². The molecule has 0 aliphatic carbocycles. The second-order valence-corrected chi connectivity index (χ2v) is 5.17. The van der Waals surface area contributed by atoms with Gasteiger partial charge in [-0.2, -0.15) is 5.10 Å². The van der Waals surface area contributed by atoms with Crippen molar-refractivity contribution < 1.29 is 9.53 Å². The van der Waals surface area contributed by atoms with Gasteiger partial charge in [0.2, 0.25) is 0 Å². The number of pyridine rings is 1. The molecule has 0 bridgehead atoms. The maximum Gasteiger partial charge on any atom is 0.324 e. The molecule has 0 radical (unpaired) electrons. The van der Waals surface area contributed by atoms with Crippen molar-refractivity contribution in [1.82, 2.24) is 14.8 Å². The normalized spacial score (nSPS) is 10.3. The van der Waals surface area contributed by atoms with Crippen LogP contribution in [0.5, 0.6) is 0 Å². The van der Waals surface area contributed by atoms with Gasteiger partial charge in [0.05, 0.1) is 25.0 Å². The first-order valence-electron chi connectivity index (χ1n) is 5.88. The topological polar surface area (TPSA) is 81.1 Å². The molecule has 106 valence electrons. The quantitative estimate of drug-likeness (QED) is 0.771. The van der Waals surface area contributed by atoms with Crippen LogP contribution in [0.1, 0.15) is 0 Å². The number of urea groups is 1. The number of carbonyl (C=O) groups is 1. The Balaban J connectivity index is 1.87. The van der Waals surface area contributed by atoms with Crippen LogP contribution >= 0.6 is 22.6 Å². The van der Waals surface area contributed by atoms with Crippen LogP contribution in [0.25, 0.3) is 0 Å². The van der Waals surface area contributed by atoms with Crippen LogP contribution in [-0.2, 0) is 11.3 Å². The lowest BCUT2D eigenvalue weighted by Crippen LogP contribution is -2.19. The minimum Gasteiger partial charge on any atom is -0.383 e. The van der Waals surface area contributed by atoms with Crippen molar-refractivity contribution in [2.75, 3.05) is 24.4 Å². The number of aromatic nitrogens is 3. The van der Waals surface area contributed by atoms with Crippen LogP contribution in [0.4, 0.5) is 16.3 Å². The highest BCUT2D eigenvalue weighted by atomic mass is 127.